The molecule has 0 aromatic heterocycles. The van der Waals surface area contributed by atoms with Crippen molar-refractivity contribution in [3.05, 3.63) is 28.8 Å². The van der Waals surface area contributed by atoms with E-state index in [9.17, 15) is 4.79 Å². The van der Waals surface area contributed by atoms with Crippen molar-refractivity contribution in [1.29, 1.82) is 0 Å². The van der Waals surface area contributed by atoms with Crippen LogP contribution in [0.2, 0.25) is 5.02 Å². The molecular formula is C15H19ClN2O2S. The molecular weight excluding hydrogens is 308 g/mol. The maximum absolute atomic E-state index is 12.2. The quantitative estimate of drug-likeness (QED) is 0.864. The molecule has 4 nitrogen and oxygen atoms in total. The molecule has 1 heterocycles. The smallest absolute Gasteiger partial charge is 0.260 e. The van der Waals surface area contributed by atoms with Crippen LogP contribution in [0.4, 0.5) is 0 Å². The Morgan fingerprint density at radius 2 is 1.95 bits per heavy atom. The Morgan fingerprint density at radius 1 is 1.29 bits per heavy atom. The van der Waals surface area contributed by atoms with Crippen LogP contribution in [0.1, 0.15) is 31.2 Å². The summed E-state index contributed by atoms with van der Waals surface area (Å²) in [5, 5.41) is 0.521. The maximum atomic E-state index is 12.2. The minimum absolute atomic E-state index is 0.00855. The third kappa shape index (κ3) is 4.58. The first kappa shape index (κ1) is 16.0. The van der Waals surface area contributed by atoms with E-state index in [1.54, 1.807) is 18.2 Å². The Morgan fingerprint density at radius 3 is 2.57 bits per heavy atom. The van der Waals surface area contributed by atoms with E-state index in [0.717, 1.165) is 25.9 Å². The largest absolute Gasteiger partial charge is 0.483 e. The predicted octanol–water partition coefficient (Wildman–Crippen LogP) is 2.76. The molecule has 0 aliphatic carbocycles. The zero-order valence-corrected chi connectivity index (χ0v) is 13.4. The molecule has 21 heavy (non-hydrogen) atoms. The third-order valence-corrected chi connectivity index (χ3v) is 3.97. The summed E-state index contributed by atoms with van der Waals surface area (Å²) in [5.41, 5.74) is 6.24. The van der Waals surface area contributed by atoms with Gasteiger partial charge in [-0.15, -0.1) is 0 Å². The Balaban J connectivity index is 2.00. The van der Waals surface area contributed by atoms with Crippen molar-refractivity contribution in [2.24, 2.45) is 5.73 Å². The average Bonchev–Trinajstić information content (AvgIpc) is 2.73. The number of likely N-dealkylation sites (tertiary alicyclic amines) is 1. The van der Waals surface area contributed by atoms with Crippen molar-refractivity contribution in [1.82, 2.24) is 4.90 Å². The number of nitrogens with two attached hydrogens (primary N) is 1. The number of carbonyl (C=O) groups excluding carboxylic acids is 1. The molecule has 0 unspecified atom stereocenters. The van der Waals surface area contributed by atoms with Crippen molar-refractivity contribution < 1.29 is 9.53 Å². The van der Waals surface area contributed by atoms with Crippen LogP contribution in [0, 0.1) is 0 Å². The van der Waals surface area contributed by atoms with Crippen LogP contribution in [0.5, 0.6) is 5.75 Å². The van der Waals surface area contributed by atoms with Crippen molar-refractivity contribution in [2.75, 3.05) is 19.7 Å². The van der Waals surface area contributed by atoms with Gasteiger partial charge in [0.15, 0.2) is 6.61 Å². The zero-order chi connectivity index (χ0) is 15.2. The molecule has 2 rings (SSSR count). The van der Waals surface area contributed by atoms with Gasteiger partial charge in [0.1, 0.15) is 10.7 Å². The molecule has 1 aromatic rings. The number of hydrogen-bond acceptors (Lipinski definition) is 3. The molecule has 0 atom stereocenters. The number of benzene rings is 1. The van der Waals surface area contributed by atoms with Crippen LogP contribution in [0.25, 0.3) is 0 Å². The van der Waals surface area contributed by atoms with Crippen LogP contribution in [-0.2, 0) is 4.79 Å². The maximum Gasteiger partial charge on any atom is 0.260 e. The molecule has 0 spiro atoms. The molecule has 0 bridgehead atoms. The Labute approximate surface area is 135 Å². The fourth-order valence-electron chi connectivity index (χ4n) is 2.37. The molecule has 0 radical (unpaired) electrons. The van der Waals surface area contributed by atoms with Crippen LogP contribution >= 0.6 is 23.8 Å². The molecule has 6 heteroatoms. The first-order chi connectivity index (χ1) is 10.1. The van der Waals surface area contributed by atoms with Gasteiger partial charge in [0, 0.05) is 18.1 Å². The number of amides is 1. The van der Waals surface area contributed by atoms with Gasteiger partial charge in [-0.1, -0.05) is 36.7 Å². The first-order valence-corrected chi connectivity index (χ1v) is 7.86. The molecule has 1 aromatic carbocycles. The van der Waals surface area contributed by atoms with Gasteiger partial charge in [-0.25, -0.2) is 0 Å². The SMILES string of the molecule is NC(=S)c1ccc(Cl)cc1OCC(=O)N1CCCCCC1. The third-order valence-electron chi connectivity index (χ3n) is 3.52. The normalized spacial score (nSPS) is 15.4. The van der Waals surface area contributed by atoms with Gasteiger partial charge < -0.3 is 15.4 Å². The highest BCUT2D eigenvalue weighted by Gasteiger charge is 2.17. The second-order valence-corrected chi connectivity index (χ2v) is 5.96. The van der Waals surface area contributed by atoms with Gasteiger partial charge in [-0.2, -0.15) is 0 Å². The molecule has 2 N–H and O–H groups in total. The van der Waals surface area contributed by atoms with Gasteiger partial charge in [-0.3, -0.25) is 4.79 Å². The van der Waals surface area contributed by atoms with Crippen LogP contribution in [0.15, 0.2) is 18.2 Å². The van der Waals surface area contributed by atoms with E-state index < -0.39 is 0 Å². The van der Waals surface area contributed by atoms with Gasteiger partial charge >= 0.3 is 0 Å². The molecule has 1 fully saturated rings. The minimum Gasteiger partial charge on any atom is -0.483 e. The lowest BCUT2D eigenvalue weighted by molar-refractivity contribution is -0.133. The first-order valence-electron chi connectivity index (χ1n) is 7.08. The Kier molecular flexibility index (Phi) is 5.82. The van der Waals surface area contributed by atoms with Crippen LogP contribution in [0.3, 0.4) is 0 Å². The fourth-order valence-corrected chi connectivity index (χ4v) is 2.70. The monoisotopic (exact) mass is 326 g/mol. The number of halogens is 1. The fraction of sp³-hybridized carbons (Fsp3) is 0.467. The van der Waals surface area contributed by atoms with Gasteiger partial charge in [0.05, 0.1) is 5.56 Å². The lowest BCUT2D eigenvalue weighted by Gasteiger charge is -2.20. The summed E-state index contributed by atoms with van der Waals surface area (Å²) in [6, 6.07) is 5.03. The molecule has 0 saturated carbocycles. The molecule has 1 amide bonds. The highest BCUT2D eigenvalue weighted by atomic mass is 35.5. The predicted molar refractivity (Wildman–Crippen MR) is 87.9 cm³/mol. The summed E-state index contributed by atoms with van der Waals surface area (Å²) in [5.74, 6) is 0.448. The number of hydrogen-bond donors (Lipinski definition) is 1. The Hall–Kier alpha value is -1.33. The van der Waals surface area contributed by atoms with E-state index in [4.69, 9.17) is 34.3 Å². The van der Waals surface area contributed by atoms with E-state index in [1.165, 1.54) is 12.8 Å². The van der Waals surface area contributed by atoms with Gasteiger partial charge in [0.25, 0.3) is 5.91 Å². The second-order valence-electron chi connectivity index (χ2n) is 5.09. The van der Waals surface area contributed by atoms with Crippen LogP contribution < -0.4 is 10.5 Å². The summed E-state index contributed by atoms with van der Waals surface area (Å²) < 4.78 is 5.59. The van der Waals surface area contributed by atoms with Crippen molar-refractivity contribution in [3.63, 3.8) is 0 Å². The highest BCUT2D eigenvalue weighted by molar-refractivity contribution is 7.80. The lowest BCUT2D eigenvalue weighted by Crippen LogP contribution is -2.35. The van der Waals surface area contributed by atoms with E-state index in [-0.39, 0.29) is 17.5 Å². The minimum atomic E-state index is -0.0179. The van der Waals surface area contributed by atoms with Crippen LogP contribution in [-0.4, -0.2) is 35.5 Å². The average molecular weight is 327 g/mol. The van der Waals surface area contributed by atoms with Crippen molar-refractivity contribution in [2.45, 2.75) is 25.7 Å². The number of thiocarbonyl (C=S) groups is 1. The van der Waals surface area contributed by atoms with E-state index in [2.05, 4.69) is 0 Å². The summed E-state index contributed by atoms with van der Waals surface area (Å²) in [4.78, 5) is 14.3. The zero-order valence-electron chi connectivity index (χ0n) is 11.8. The van der Waals surface area contributed by atoms with Gasteiger partial charge in [0.2, 0.25) is 0 Å². The second kappa shape index (κ2) is 7.61. The number of nitrogens with zero attached hydrogens (tertiary/aromatic N) is 1. The molecule has 1 aliphatic rings. The molecule has 1 aliphatic heterocycles. The molecule has 114 valence electrons. The summed E-state index contributed by atoms with van der Waals surface area (Å²) in [6.45, 7) is 1.59. The topological polar surface area (TPSA) is 55.6 Å². The summed E-state index contributed by atoms with van der Waals surface area (Å²) in [6.07, 6.45) is 4.48. The summed E-state index contributed by atoms with van der Waals surface area (Å²) in [7, 11) is 0. The Bertz CT molecular complexity index is 528. The van der Waals surface area contributed by atoms with Crippen molar-refractivity contribution >= 4 is 34.7 Å². The van der Waals surface area contributed by atoms with E-state index in [1.807, 2.05) is 4.90 Å². The standard InChI is InChI=1S/C15H19ClN2O2S/c16-11-5-6-12(15(17)21)13(9-11)20-10-14(19)18-7-3-1-2-4-8-18/h5-6,9H,1-4,7-8,10H2,(H2,17,21). The van der Waals surface area contributed by atoms with E-state index >= 15 is 0 Å². The van der Waals surface area contributed by atoms with Crippen molar-refractivity contribution in [3.8, 4) is 5.75 Å². The van der Waals surface area contributed by atoms with E-state index in [0.29, 0.717) is 16.3 Å². The highest BCUT2D eigenvalue weighted by Crippen LogP contribution is 2.23. The molecule has 1 saturated heterocycles. The summed E-state index contributed by atoms with van der Waals surface area (Å²) >= 11 is 10.9. The lowest BCUT2D eigenvalue weighted by atomic mass is 10.2. The van der Waals surface area contributed by atoms with Gasteiger partial charge in [-0.05, 0) is 31.0 Å². The number of rotatable bonds is 4. The number of ether oxygens (including phenoxy) is 1. The number of carbonyl (C=O) groups is 1.